The van der Waals surface area contributed by atoms with Crippen molar-refractivity contribution >= 4 is 28.9 Å². The second-order valence-electron chi connectivity index (χ2n) is 4.00. The van der Waals surface area contributed by atoms with Crippen LogP contribution < -0.4 is 0 Å². The average molecular weight is 289 g/mol. The molecular formula is C15H13ClN2S. The second-order valence-corrected chi connectivity index (χ2v) is 5.14. The molecule has 0 atom stereocenters. The van der Waals surface area contributed by atoms with Crippen LogP contribution in [-0.4, -0.2) is 6.26 Å². The number of thioether (sulfide) groups is 1. The molecule has 1 rings (SSSR count). The summed E-state index contributed by atoms with van der Waals surface area (Å²) in [6, 6.07) is 11.1. The van der Waals surface area contributed by atoms with E-state index in [0.29, 0.717) is 16.2 Å². The van der Waals surface area contributed by atoms with Gasteiger partial charge in [-0.1, -0.05) is 30.3 Å². The van der Waals surface area contributed by atoms with Crippen molar-refractivity contribution in [1.82, 2.24) is 0 Å². The molecule has 1 aromatic rings. The lowest BCUT2D eigenvalue weighted by Crippen LogP contribution is -2.19. The molecule has 0 N–H and O–H groups in total. The lowest BCUT2D eigenvalue weighted by atomic mass is 9.75. The molecule has 0 aromatic heterocycles. The first-order valence-electron chi connectivity index (χ1n) is 5.49. The second kappa shape index (κ2) is 6.48. The van der Waals surface area contributed by atoms with Crippen molar-refractivity contribution in [2.45, 2.75) is 6.92 Å². The minimum Gasteiger partial charge on any atom is -0.196 e. The molecule has 0 saturated heterocycles. The van der Waals surface area contributed by atoms with E-state index in [-0.39, 0.29) is 0 Å². The van der Waals surface area contributed by atoms with Crippen LogP contribution in [0.2, 0.25) is 5.02 Å². The third kappa shape index (κ3) is 3.01. The van der Waals surface area contributed by atoms with Gasteiger partial charge in [0.25, 0.3) is 0 Å². The van der Waals surface area contributed by atoms with E-state index in [1.807, 2.05) is 6.26 Å². The van der Waals surface area contributed by atoms with Gasteiger partial charge in [0.05, 0.1) is 12.1 Å². The fourth-order valence-electron chi connectivity index (χ4n) is 1.71. The predicted molar refractivity (Wildman–Crippen MR) is 81.4 cm³/mol. The molecule has 1 aromatic carbocycles. The van der Waals surface area contributed by atoms with Gasteiger partial charge in [-0.3, -0.25) is 0 Å². The fourth-order valence-corrected chi connectivity index (χ4v) is 2.36. The van der Waals surface area contributed by atoms with Crippen LogP contribution in [0.4, 0.5) is 0 Å². The van der Waals surface area contributed by atoms with E-state index >= 15 is 0 Å². The summed E-state index contributed by atoms with van der Waals surface area (Å²) in [6.45, 7) is 5.70. The van der Waals surface area contributed by atoms with Crippen molar-refractivity contribution in [2.24, 2.45) is 5.41 Å². The number of rotatable bonds is 4. The maximum atomic E-state index is 9.45. The number of hydrogen-bond donors (Lipinski definition) is 0. The van der Waals surface area contributed by atoms with Crippen LogP contribution in [0.25, 0.3) is 5.57 Å². The van der Waals surface area contributed by atoms with Crippen LogP contribution in [0.15, 0.2) is 41.8 Å². The molecule has 0 bridgehead atoms. The highest BCUT2D eigenvalue weighted by Crippen LogP contribution is 2.40. The topological polar surface area (TPSA) is 47.6 Å². The molecular weight excluding hydrogens is 276 g/mol. The molecule has 0 radical (unpaired) electrons. The van der Waals surface area contributed by atoms with E-state index in [1.165, 1.54) is 11.8 Å². The summed E-state index contributed by atoms with van der Waals surface area (Å²) < 4.78 is 0. The number of allylic oxidation sites excluding steroid dienone is 2. The Morgan fingerprint density at radius 3 is 2.26 bits per heavy atom. The Morgan fingerprint density at radius 1 is 1.32 bits per heavy atom. The number of hydrogen-bond acceptors (Lipinski definition) is 3. The Labute approximate surface area is 123 Å². The van der Waals surface area contributed by atoms with E-state index in [1.54, 1.807) is 36.6 Å². The third-order valence-electron chi connectivity index (χ3n) is 2.87. The highest BCUT2D eigenvalue weighted by atomic mass is 35.5. The summed E-state index contributed by atoms with van der Waals surface area (Å²) in [5.74, 6) is 0. The summed E-state index contributed by atoms with van der Waals surface area (Å²) in [7, 11) is 0. The van der Waals surface area contributed by atoms with Gasteiger partial charge < -0.3 is 0 Å². The van der Waals surface area contributed by atoms with E-state index < -0.39 is 5.41 Å². The average Bonchev–Trinajstić information content (AvgIpc) is 2.41. The zero-order chi connectivity index (χ0) is 14.5. The maximum Gasteiger partial charge on any atom is 0.190 e. The van der Waals surface area contributed by atoms with Crippen molar-refractivity contribution in [1.29, 1.82) is 10.5 Å². The molecule has 0 aliphatic heterocycles. The summed E-state index contributed by atoms with van der Waals surface area (Å²) in [5, 5.41) is 21.3. The van der Waals surface area contributed by atoms with Gasteiger partial charge in [-0.25, -0.2) is 0 Å². The van der Waals surface area contributed by atoms with Crippen LogP contribution >= 0.6 is 23.4 Å². The van der Waals surface area contributed by atoms with Gasteiger partial charge in [-0.15, -0.1) is 11.8 Å². The first kappa shape index (κ1) is 15.4. The Morgan fingerprint density at radius 2 is 1.84 bits per heavy atom. The van der Waals surface area contributed by atoms with Gasteiger partial charge in [0, 0.05) is 5.02 Å². The molecule has 0 fully saturated rings. The van der Waals surface area contributed by atoms with E-state index in [0.717, 1.165) is 5.56 Å². The van der Waals surface area contributed by atoms with Gasteiger partial charge in [0.15, 0.2) is 5.41 Å². The standard InChI is InChI=1S/C15H13ClN2S/c1-11(8-19-3)15(9-17,10-18)12(2)13-4-6-14(16)7-5-13/h4-8H,2H2,1,3H3. The molecule has 19 heavy (non-hydrogen) atoms. The predicted octanol–water partition coefficient (Wildman–Crippen LogP) is 4.65. The molecule has 4 heteroatoms. The summed E-state index contributed by atoms with van der Waals surface area (Å²) in [6.07, 6.45) is 1.88. The number of benzene rings is 1. The molecule has 96 valence electrons. The Balaban J connectivity index is 3.33. The molecule has 0 aliphatic carbocycles. The van der Waals surface area contributed by atoms with Crippen LogP contribution in [0.3, 0.4) is 0 Å². The van der Waals surface area contributed by atoms with Crippen molar-refractivity contribution in [3.63, 3.8) is 0 Å². The zero-order valence-corrected chi connectivity index (χ0v) is 12.3. The van der Waals surface area contributed by atoms with Gasteiger partial charge in [0.2, 0.25) is 0 Å². The quantitative estimate of drug-likeness (QED) is 0.810. The van der Waals surface area contributed by atoms with Crippen molar-refractivity contribution in [3.8, 4) is 12.1 Å². The Kier molecular flexibility index (Phi) is 5.24. The van der Waals surface area contributed by atoms with Crippen molar-refractivity contribution < 1.29 is 0 Å². The van der Waals surface area contributed by atoms with Crippen LogP contribution in [0, 0.1) is 28.1 Å². The monoisotopic (exact) mass is 288 g/mol. The van der Waals surface area contributed by atoms with Crippen molar-refractivity contribution in [2.75, 3.05) is 6.26 Å². The molecule has 0 spiro atoms. The largest absolute Gasteiger partial charge is 0.196 e. The summed E-state index contributed by atoms with van der Waals surface area (Å²) in [5.41, 5.74) is 0.542. The maximum absolute atomic E-state index is 9.45. The van der Waals surface area contributed by atoms with E-state index in [9.17, 15) is 10.5 Å². The summed E-state index contributed by atoms with van der Waals surface area (Å²) in [4.78, 5) is 0. The lowest BCUT2D eigenvalue weighted by Gasteiger charge is -2.22. The van der Waals surface area contributed by atoms with Crippen LogP contribution in [-0.2, 0) is 0 Å². The van der Waals surface area contributed by atoms with E-state index in [2.05, 4.69) is 18.7 Å². The van der Waals surface area contributed by atoms with Gasteiger partial charge >= 0.3 is 0 Å². The fraction of sp³-hybridized carbons (Fsp3) is 0.200. The Bertz CT molecular complexity index is 574. The summed E-state index contributed by atoms with van der Waals surface area (Å²) >= 11 is 7.29. The van der Waals surface area contributed by atoms with E-state index in [4.69, 9.17) is 11.6 Å². The van der Waals surface area contributed by atoms with Crippen LogP contribution in [0.5, 0.6) is 0 Å². The van der Waals surface area contributed by atoms with Gasteiger partial charge in [-0.05, 0) is 47.4 Å². The molecule has 0 saturated carbocycles. The first-order valence-corrected chi connectivity index (χ1v) is 7.16. The molecule has 0 aliphatic rings. The molecule has 2 nitrogen and oxygen atoms in total. The van der Waals surface area contributed by atoms with Crippen molar-refractivity contribution in [3.05, 3.63) is 52.4 Å². The molecule has 0 amide bonds. The molecule has 0 unspecified atom stereocenters. The SMILES string of the molecule is C=C(c1ccc(Cl)cc1)C(C#N)(C#N)C(C)=CSC. The number of nitriles is 2. The third-order valence-corrected chi connectivity index (χ3v) is 3.71. The van der Waals surface area contributed by atoms with Crippen LogP contribution in [0.1, 0.15) is 12.5 Å². The number of halogens is 1. The Hall–Kier alpha value is -1.68. The highest BCUT2D eigenvalue weighted by molar-refractivity contribution is 8.01. The zero-order valence-electron chi connectivity index (χ0n) is 10.8. The highest BCUT2D eigenvalue weighted by Gasteiger charge is 2.36. The minimum absolute atomic E-state index is 0.469. The lowest BCUT2D eigenvalue weighted by molar-refractivity contribution is 0.817. The minimum atomic E-state index is -1.34. The first-order chi connectivity index (χ1) is 9.01. The smallest absolute Gasteiger partial charge is 0.190 e. The number of nitrogens with zero attached hydrogens (tertiary/aromatic N) is 2. The molecule has 0 heterocycles. The van der Waals surface area contributed by atoms with Gasteiger partial charge in [0.1, 0.15) is 0 Å². The van der Waals surface area contributed by atoms with Gasteiger partial charge in [-0.2, -0.15) is 10.5 Å². The normalized spacial score (nSPS) is 11.5.